The van der Waals surface area contributed by atoms with Crippen LogP contribution >= 0.6 is 151 Å². The van der Waals surface area contributed by atoms with Gasteiger partial charge >= 0.3 is 361 Å². The number of allylic oxidation sites excluding steroid dienone is 12. The Morgan fingerprint density at radius 1 is 0.500 bits per heavy atom. The third kappa shape index (κ3) is 59.3. The Bertz CT molecular complexity index is 1540. The Balaban J connectivity index is -0.000000658. The van der Waals surface area contributed by atoms with Gasteiger partial charge in [0.1, 0.15) is 0 Å². The molecule has 0 unspecified atom stereocenters. The van der Waals surface area contributed by atoms with Gasteiger partial charge in [0.25, 0.3) is 0 Å². The molecule has 0 fully saturated rings. The molecule has 0 bridgehead atoms. The van der Waals surface area contributed by atoms with Crippen LogP contribution in [0.15, 0.2) is 66.3 Å². The molecular formula is C38H61Cl16W4-. The van der Waals surface area contributed by atoms with Gasteiger partial charge in [0.15, 0.2) is 0 Å². The molecule has 0 atom stereocenters. The van der Waals surface area contributed by atoms with Crippen molar-refractivity contribution in [3.05, 3.63) is 72.4 Å². The fourth-order valence-electron chi connectivity index (χ4n) is 4.18. The van der Waals surface area contributed by atoms with E-state index in [4.69, 9.17) is 151 Å². The molecule has 0 aromatic rings. The van der Waals surface area contributed by atoms with E-state index in [1.54, 1.807) is 15.7 Å². The Kier molecular flexibility index (Phi) is 39.3. The van der Waals surface area contributed by atoms with Crippen molar-refractivity contribution in [1.82, 2.24) is 0 Å². The second-order valence-corrected chi connectivity index (χ2v) is 153. The molecule has 0 N–H and O–H groups in total. The van der Waals surface area contributed by atoms with Crippen molar-refractivity contribution in [1.29, 1.82) is 0 Å². The first kappa shape index (κ1) is 67.6. The first-order valence-electron chi connectivity index (χ1n) is 18.6. The van der Waals surface area contributed by atoms with E-state index in [1.807, 2.05) is 26.8 Å². The van der Waals surface area contributed by atoms with Crippen LogP contribution in [0.3, 0.4) is 0 Å². The number of rotatable bonds is 13. The van der Waals surface area contributed by atoms with Crippen molar-refractivity contribution in [3.8, 4) is 0 Å². The van der Waals surface area contributed by atoms with Crippen molar-refractivity contribution in [2.24, 2.45) is 0 Å². The fourth-order valence-corrected chi connectivity index (χ4v) is 18.8. The molecule has 0 saturated carbocycles. The zero-order chi connectivity index (χ0) is 45.6. The van der Waals surface area contributed by atoms with Crippen molar-refractivity contribution < 1.29 is 40.7 Å². The van der Waals surface area contributed by atoms with Gasteiger partial charge < -0.3 is 0 Å². The van der Waals surface area contributed by atoms with Gasteiger partial charge in [-0.2, -0.15) is 0 Å². The van der Waals surface area contributed by atoms with Crippen LogP contribution in [0.1, 0.15) is 143 Å². The van der Waals surface area contributed by atoms with Crippen molar-refractivity contribution >= 4 is 168 Å². The van der Waals surface area contributed by atoms with E-state index >= 15 is 0 Å². The van der Waals surface area contributed by atoms with Crippen LogP contribution in [0.5, 0.6) is 0 Å². The molecule has 3 aliphatic rings. The predicted molar refractivity (Wildman–Crippen MR) is 275 cm³/mol. The summed E-state index contributed by atoms with van der Waals surface area (Å²) in [6.07, 6.45) is 45.1. The van der Waals surface area contributed by atoms with Crippen molar-refractivity contribution in [2.45, 2.75) is 143 Å². The molecule has 0 nitrogen and oxygen atoms in total. The minimum absolute atomic E-state index is 0.777. The molecule has 20 heteroatoms. The second kappa shape index (κ2) is 33.7. The zero-order valence-electron chi connectivity index (χ0n) is 33.4. The zero-order valence-corrected chi connectivity index (χ0v) is 57.2. The van der Waals surface area contributed by atoms with E-state index in [-0.39, 0.29) is 0 Å². The second-order valence-electron chi connectivity index (χ2n) is 12.6. The normalized spacial score (nSPS) is 17.9. The van der Waals surface area contributed by atoms with E-state index in [1.165, 1.54) is 49.3 Å². The molecule has 3 rings (SSSR count). The molecule has 0 amide bonds. The Hall–Kier alpha value is 5.31. The number of halogens is 16. The van der Waals surface area contributed by atoms with Crippen LogP contribution in [-0.4, -0.2) is 17.1 Å². The molecule has 0 aliphatic heterocycles. The van der Waals surface area contributed by atoms with Crippen LogP contribution in [-0.2, 0) is 40.7 Å². The fraction of sp³-hybridized carbons (Fsp3) is 0.579. The summed E-state index contributed by atoms with van der Waals surface area (Å²) < 4.78 is 5.66. The van der Waals surface area contributed by atoms with Crippen LogP contribution in [0, 0.1) is 6.08 Å². The molecule has 350 valence electrons. The summed E-state index contributed by atoms with van der Waals surface area (Å²) in [5, 5.41) is 0. The van der Waals surface area contributed by atoms with Gasteiger partial charge in [-0.25, -0.2) is 0 Å². The summed E-state index contributed by atoms with van der Waals surface area (Å²) in [5.41, 5.74) is 1.04. The maximum absolute atomic E-state index is 5.93. The molecule has 0 saturated heterocycles. The van der Waals surface area contributed by atoms with Gasteiger partial charge in [-0.05, 0) is 38.5 Å². The molecule has 0 aromatic carbocycles. The van der Waals surface area contributed by atoms with Gasteiger partial charge in [-0.15, -0.1) is 0 Å². The average Bonchev–Trinajstić information content (AvgIpc) is 3.90. The van der Waals surface area contributed by atoms with Gasteiger partial charge in [0, 0.05) is 0 Å². The summed E-state index contributed by atoms with van der Waals surface area (Å²) in [5.74, 6) is 0. The third-order valence-corrected chi connectivity index (χ3v) is 41.0. The van der Waals surface area contributed by atoms with E-state index in [0.717, 1.165) is 80.1 Å². The Morgan fingerprint density at radius 2 is 0.828 bits per heavy atom. The van der Waals surface area contributed by atoms with Crippen LogP contribution in [0.25, 0.3) is 0 Å². The standard InChI is InChI=1S/C12H20.C7H9.C7H12.2C5H8.C2H4.16ClH.4W/c1-3-5-7-9-11-12-10-8-6-4-2;1-2-7-5-3-4-6-7;1-3-5-7-6-4-2;2*1-2-4-5-3-1;1-2;;;;;;;;;;;;;;;;;;;;/h1,4,6,9,11H,3,5,7-8,10,12H2,2H3;3-5H2,1H3;1,4,6H,3,5,7H2,2H3;2*1-2H,3-5H2;1H,2H3;16*1H;;;;/q;-1;;;;;;;;;;;;;;;;;;;;;4*+4/p-16/b6-4+,11-9+;;6-4-;;;;;;;;;;;;;;;;;;;;;;;. The quantitative estimate of drug-likeness (QED) is 0.0979. The number of unbranched alkanes of at least 4 members (excludes halogenated alkanes) is 6. The van der Waals surface area contributed by atoms with E-state index < -0.39 is 40.7 Å². The SMILES string of the molecule is C/C=C/CCC/C=C/CCC[CH]=[W]([Cl])([Cl])([Cl])[Cl].C/C=C\CCC[CH]=[W]([Cl])([Cl])([Cl])[Cl].C1=CCCC1.C1=CCCC1.C[CH]=[W]([Cl])([Cl])([Cl])[Cl].C[C](C1=[C-]CCC1)=[W]([Cl])([Cl])([Cl])[Cl]. The molecular weight excluding hydrogens is 1760 g/mol. The van der Waals surface area contributed by atoms with E-state index in [9.17, 15) is 0 Å². The molecule has 0 heterocycles. The topological polar surface area (TPSA) is 0 Å². The predicted octanol–water partition coefficient (Wildman–Crippen LogP) is 22.4. The van der Waals surface area contributed by atoms with E-state index in [0.29, 0.717) is 0 Å². The number of hydrogen-bond acceptors (Lipinski definition) is 0. The van der Waals surface area contributed by atoms with Crippen LogP contribution in [0.2, 0.25) is 0 Å². The van der Waals surface area contributed by atoms with Crippen molar-refractivity contribution in [3.63, 3.8) is 0 Å². The Labute approximate surface area is 417 Å². The molecule has 58 heavy (non-hydrogen) atoms. The van der Waals surface area contributed by atoms with Gasteiger partial charge in [0.2, 0.25) is 0 Å². The summed E-state index contributed by atoms with van der Waals surface area (Å²) >= 11 is 0. The van der Waals surface area contributed by atoms with Gasteiger partial charge in [-0.3, -0.25) is 0 Å². The van der Waals surface area contributed by atoms with Gasteiger partial charge in [-0.1, -0.05) is 24.3 Å². The summed E-state index contributed by atoms with van der Waals surface area (Å²) in [6, 6.07) is 0. The first-order chi connectivity index (χ1) is 26.2. The molecule has 3 aliphatic carbocycles. The maximum atomic E-state index is 5.93. The van der Waals surface area contributed by atoms with Crippen LogP contribution in [0.4, 0.5) is 0 Å². The molecule has 0 radical (unpaired) electrons. The number of hydrogen-bond donors (Lipinski definition) is 0. The minimum atomic E-state index is -4.41. The summed E-state index contributed by atoms with van der Waals surface area (Å²) in [6.45, 7) is 7.51. The third-order valence-electron chi connectivity index (χ3n) is 7.27. The summed E-state index contributed by atoms with van der Waals surface area (Å²) in [7, 11) is 74.7. The molecule has 0 aromatic heterocycles. The Morgan fingerprint density at radius 3 is 1.05 bits per heavy atom. The van der Waals surface area contributed by atoms with Crippen molar-refractivity contribution in [2.75, 3.05) is 0 Å². The summed E-state index contributed by atoms with van der Waals surface area (Å²) in [4.78, 5) is 0. The van der Waals surface area contributed by atoms with E-state index in [2.05, 4.69) is 60.8 Å². The monoisotopic (exact) mass is 1810 g/mol. The first-order valence-corrected chi connectivity index (χ1v) is 83.3. The molecule has 0 spiro atoms. The van der Waals surface area contributed by atoms with Crippen LogP contribution < -0.4 is 0 Å². The average molecular weight is 1820 g/mol. The van der Waals surface area contributed by atoms with Gasteiger partial charge in [0.05, 0.1) is 0 Å².